The van der Waals surface area contributed by atoms with Crippen LogP contribution < -0.4 is 4.74 Å². The van der Waals surface area contributed by atoms with E-state index < -0.39 is 29.3 Å². The summed E-state index contributed by atoms with van der Waals surface area (Å²) < 4.78 is 76.0. The Hall–Kier alpha value is -4.14. The molecule has 4 aromatic rings. The Morgan fingerprint density at radius 3 is 2.39 bits per heavy atom. The van der Waals surface area contributed by atoms with Gasteiger partial charge in [0.15, 0.2) is 0 Å². The Bertz CT molecular complexity index is 1460. The zero-order valence-corrected chi connectivity index (χ0v) is 19.2. The third-order valence-corrected chi connectivity index (χ3v) is 5.85. The van der Waals surface area contributed by atoms with Gasteiger partial charge in [0.05, 0.1) is 16.8 Å². The van der Waals surface area contributed by atoms with Crippen molar-refractivity contribution in [1.29, 1.82) is 0 Å². The first-order chi connectivity index (χ1) is 17.0. The van der Waals surface area contributed by atoms with Crippen molar-refractivity contribution >= 4 is 5.97 Å². The number of carboxylic acid groups (broad SMARTS) is 1. The van der Waals surface area contributed by atoms with Crippen LogP contribution in [0.5, 0.6) is 5.75 Å². The van der Waals surface area contributed by atoms with Crippen LogP contribution in [0.25, 0.3) is 16.9 Å². The first-order valence-electron chi connectivity index (χ1n) is 10.8. The van der Waals surface area contributed by atoms with Crippen molar-refractivity contribution in [3.05, 3.63) is 106 Å². The second-order valence-corrected chi connectivity index (χ2v) is 8.20. The van der Waals surface area contributed by atoms with Crippen LogP contribution in [0.15, 0.2) is 66.9 Å². The monoisotopic (exact) mass is 501 g/mol. The molecule has 9 heteroatoms. The molecule has 0 radical (unpaired) electrons. The topological polar surface area (TPSA) is 51.5 Å². The Kier molecular flexibility index (Phi) is 6.58. The molecular weight excluding hydrogens is 481 g/mol. The Morgan fingerprint density at radius 2 is 1.75 bits per heavy atom. The minimum absolute atomic E-state index is 0.0372. The molecule has 3 aromatic carbocycles. The SMILES string of the molecule is Cc1cc(-n2cccc2-c2c(OCc3ccc(F)cc3F)ccc(C(F)(F)F)c2C)ccc1C(=O)O. The molecule has 0 saturated carbocycles. The molecule has 1 aromatic heterocycles. The summed E-state index contributed by atoms with van der Waals surface area (Å²) in [6.45, 7) is 2.61. The normalized spacial score (nSPS) is 11.5. The largest absolute Gasteiger partial charge is 0.488 e. The number of aryl methyl sites for hydroxylation is 1. The van der Waals surface area contributed by atoms with E-state index in [1.165, 1.54) is 25.1 Å². The van der Waals surface area contributed by atoms with E-state index in [0.717, 1.165) is 12.1 Å². The van der Waals surface area contributed by atoms with Gasteiger partial charge in [0.1, 0.15) is 24.0 Å². The van der Waals surface area contributed by atoms with E-state index in [2.05, 4.69) is 0 Å². The van der Waals surface area contributed by atoms with Gasteiger partial charge in [-0.2, -0.15) is 13.2 Å². The maximum absolute atomic E-state index is 14.1. The van der Waals surface area contributed by atoms with E-state index in [4.69, 9.17) is 4.74 Å². The van der Waals surface area contributed by atoms with E-state index >= 15 is 0 Å². The Balaban J connectivity index is 1.84. The number of aromatic carboxylic acids is 1. The lowest BCUT2D eigenvalue weighted by atomic mass is 9.98. The summed E-state index contributed by atoms with van der Waals surface area (Å²) in [7, 11) is 0. The van der Waals surface area contributed by atoms with Crippen LogP contribution in [0.2, 0.25) is 0 Å². The second-order valence-electron chi connectivity index (χ2n) is 8.20. The highest BCUT2D eigenvalue weighted by atomic mass is 19.4. The van der Waals surface area contributed by atoms with Gasteiger partial charge in [-0.1, -0.05) is 0 Å². The Labute approximate surface area is 203 Å². The number of benzene rings is 3. The molecule has 4 nitrogen and oxygen atoms in total. The molecule has 0 fully saturated rings. The molecule has 4 rings (SSSR count). The van der Waals surface area contributed by atoms with Crippen molar-refractivity contribution in [2.24, 2.45) is 0 Å². The molecule has 0 bridgehead atoms. The van der Waals surface area contributed by atoms with Crippen LogP contribution in [-0.2, 0) is 12.8 Å². The molecule has 0 unspecified atom stereocenters. The van der Waals surface area contributed by atoms with Gasteiger partial charge in [0, 0.05) is 29.1 Å². The van der Waals surface area contributed by atoms with Gasteiger partial charge in [-0.15, -0.1) is 0 Å². The van der Waals surface area contributed by atoms with Crippen molar-refractivity contribution in [3.63, 3.8) is 0 Å². The summed E-state index contributed by atoms with van der Waals surface area (Å²) in [6, 6.07) is 12.9. The number of aromatic nitrogens is 1. The Morgan fingerprint density at radius 1 is 1.00 bits per heavy atom. The minimum Gasteiger partial charge on any atom is -0.488 e. The molecule has 186 valence electrons. The smallest absolute Gasteiger partial charge is 0.416 e. The van der Waals surface area contributed by atoms with Gasteiger partial charge in [0.25, 0.3) is 0 Å². The number of carbonyl (C=O) groups is 1. The van der Waals surface area contributed by atoms with Gasteiger partial charge in [-0.3, -0.25) is 0 Å². The fourth-order valence-electron chi connectivity index (χ4n) is 4.07. The molecule has 0 atom stereocenters. The van der Waals surface area contributed by atoms with Crippen molar-refractivity contribution < 1.29 is 36.6 Å². The van der Waals surface area contributed by atoms with Crippen LogP contribution in [0.1, 0.15) is 32.6 Å². The van der Waals surface area contributed by atoms with Gasteiger partial charge in [-0.25, -0.2) is 13.6 Å². The van der Waals surface area contributed by atoms with Crippen LogP contribution in [0, 0.1) is 25.5 Å². The van der Waals surface area contributed by atoms with E-state index in [1.807, 2.05) is 0 Å². The van der Waals surface area contributed by atoms with Gasteiger partial charge in [0.2, 0.25) is 0 Å². The molecule has 0 saturated heterocycles. The van der Waals surface area contributed by atoms with Gasteiger partial charge < -0.3 is 14.4 Å². The van der Waals surface area contributed by atoms with Crippen molar-refractivity contribution in [3.8, 4) is 22.7 Å². The number of alkyl halides is 3. The fourth-order valence-corrected chi connectivity index (χ4v) is 4.07. The lowest BCUT2D eigenvalue weighted by Crippen LogP contribution is -2.10. The van der Waals surface area contributed by atoms with Crippen LogP contribution in [-0.4, -0.2) is 15.6 Å². The molecule has 0 amide bonds. The zero-order valence-electron chi connectivity index (χ0n) is 19.2. The average Bonchev–Trinajstić information content (AvgIpc) is 3.26. The maximum Gasteiger partial charge on any atom is 0.416 e. The zero-order chi connectivity index (χ0) is 26.2. The first-order valence-corrected chi connectivity index (χ1v) is 10.8. The maximum atomic E-state index is 14.1. The molecule has 0 aliphatic heterocycles. The predicted molar refractivity (Wildman–Crippen MR) is 123 cm³/mol. The number of hydrogen-bond acceptors (Lipinski definition) is 2. The van der Waals surface area contributed by atoms with Crippen LogP contribution in [0.4, 0.5) is 22.0 Å². The molecule has 0 aliphatic rings. The summed E-state index contributed by atoms with van der Waals surface area (Å²) in [5.74, 6) is -2.62. The highest BCUT2D eigenvalue weighted by Gasteiger charge is 2.34. The lowest BCUT2D eigenvalue weighted by Gasteiger charge is -2.20. The molecule has 0 aliphatic carbocycles. The summed E-state index contributed by atoms with van der Waals surface area (Å²) >= 11 is 0. The molecule has 0 spiro atoms. The summed E-state index contributed by atoms with van der Waals surface area (Å²) in [5.41, 5.74) is 0.686. The van der Waals surface area contributed by atoms with Gasteiger partial charge in [-0.05, 0) is 79.6 Å². The van der Waals surface area contributed by atoms with Crippen molar-refractivity contribution in [2.75, 3.05) is 0 Å². The van der Waals surface area contributed by atoms with Crippen LogP contribution in [0.3, 0.4) is 0 Å². The van der Waals surface area contributed by atoms with E-state index in [-0.39, 0.29) is 34.6 Å². The van der Waals surface area contributed by atoms with Crippen molar-refractivity contribution in [1.82, 2.24) is 4.57 Å². The number of hydrogen-bond donors (Lipinski definition) is 1. The summed E-state index contributed by atoms with van der Waals surface area (Å²) in [6.07, 6.45) is -2.99. The second kappa shape index (κ2) is 9.49. The van der Waals surface area contributed by atoms with Crippen LogP contribution >= 0.6 is 0 Å². The number of halogens is 5. The predicted octanol–water partition coefficient (Wildman–Crippen LogP) is 7.34. The van der Waals surface area contributed by atoms with E-state index in [1.54, 1.807) is 42.0 Å². The van der Waals surface area contributed by atoms with E-state index in [9.17, 15) is 31.9 Å². The number of carboxylic acids is 1. The lowest BCUT2D eigenvalue weighted by molar-refractivity contribution is -0.138. The molecule has 1 N–H and O–H groups in total. The standard InChI is InChI=1S/C27H20F5NO3/c1-15-12-19(7-8-20(15)26(34)35)33-11-3-4-23(33)25-16(2)21(27(30,31)32)9-10-24(25)36-14-17-5-6-18(28)13-22(17)29/h3-13H,14H2,1-2H3,(H,34,35). The highest BCUT2D eigenvalue weighted by molar-refractivity contribution is 5.89. The fraction of sp³-hybridized carbons (Fsp3) is 0.148. The minimum atomic E-state index is -4.63. The third-order valence-electron chi connectivity index (χ3n) is 5.85. The number of rotatable bonds is 6. The molecule has 36 heavy (non-hydrogen) atoms. The van der Waals surface area contributed by atoms with E-state index in [0.29, 0.717) is 23.0 Å². The average molecular weight is 501 g/mol. The van der Waals surface area contributed by atoms with Crippen molar-refractivity contribution in [2.45, 2.75) is 26.6 Å². The summed E-state index contributed by atoms with van der Waals surface area (Å²) in [5, 5.41) is 9.31. The highest BCUT2D eigenvalue weighted by Crippen LogP contribution is 2.42. The summed E-state index contributed by atoms with van der Waals surface area (Å²) in [4.78, 5) is 11.4. The third kappa shape index (κ3) is 4.82. The van der Waals surface area contributed by atoms with Gasteiger partial charge >= 0.3 is 12.1 Å². The number of ether oxygens (including phenoxy) is 1. The molecule has 1 heterocycles. The quantitative estimate of drug-likeness (QED) is 0.281. The first kappa shape index (κ1) is 25.0. The number of nitrogens with zero attached hydrogens (tertiary/aromatic N) is 1. The molecular formula is C27H20F5NO3.